The number of nitrogens with one attached hydrogen (secondary N) is 1. The van der Waals surface area contributed by atoms with Crippen molar-refractivity contribution < 1.29 is 23.6 Å². The van der Waals surface area contributed by atoms with E-state index >= 15 is 0 Å². The highest BCUT2D eigenvalue weighted by atomic mass is 31.2. The molecule has 3 heterocycles. The molecular weight excluding hydrogens is 343 g/mol. The fourth-order valence-electron chi connectivity index (χ4n) is 2.58. The van der Waals surface area contributed by atoms with Gasteiger partial charge in [0.05, 0.1) is 19.0 Å². The third-order valence-corrected chi connectivity index (χ3v) is 4.01. The Morgan fingerprint density at radius 1 is 1.54 bits per heavy atom. The van der Waals surface area contributed by atoms with Gasteiger partial charge in [-0.05, 0) is 7.05 Å². The minimum absolute atomic E-state index is 0.0419. The lowest BCUT2D eigenvalue weighted by Crippen LogP contribution is -2.45. The molecule has 3 rings (SSSR count). The van der Waals surface area contributed by atoms with Gasteiger partial charge in [-0.2, -0.15) is 4.98 Å². The highest BCUT2D eigenvalue weighted by Gasteiger charge is 2.30. The van der Waals surface area contributed by atoms with E-state index in [1.54, 1.807) is 4.57 Å². The van der Waals surface area contributed by atoms with E-state index in [-0.39, 0.29) is 23.7 Å². The molecule has 12 nitrogen and oxygen atoms in total. The molecule has 0 spiro atoms. The molecule has 132 valence electrons. The van der Waals surface area contributed by atoms with Crippen LogP contribution in [-0.2, 0) is 13.8 Å². The van der Waals surface area contributed by atoms with Crippen LogP contribution in [0.25, 0.3) is 11.2 Å². The van der Waals surface area contributed by atoms with Gasteiger partial charge < -0.3 is 20.3 Å². The average molecular weight is 360 g/mol. The second-order valence-corrected chi connectivity index (χ2v) is 6.73. The fourth-order valence-corrected chi connectivity index (χ4v) is 2.94. The SMILES string of the molecule is CN1C[C@@H](COP(=O)(O)O)O[C@@H](n2cnc3c(=O)[nH]c(N)nc32)C1. The maximum Gasteiger partial charge on any atom is 0.469 e. The van der Waals surface area contributed by atoms with E-state index in [1.807, 2.05) is 11.9 Å². The summed E-state index contributed by atoms with van der Waals surface area (Å²) >= 11 is 0. The van der Waals surface area contributed by atoms with E-state index in [2.05, 4.69) is 19.5 Å². The molecule has 2 atom stereocenters. The first kappa shape index (κ1) is 17.0. The number of anilines is 1. The molecule has 24 heavy (non-hydrogen) atoms. The van der Waals surface area contributed by atoms with Gasteiger partial charge in [0.15, 0.2) is 11.2 Å². The first-order valence-corrected chi connectivity index (χ1v) is 8.52. The fraction of sp³-hybridized carbons (Fsp3) is 0.545. The summed E-state index contributed by atoms with van der Waals surface area (Å²) < 4.78 is 22.7. The van der Waals surface area contributed by atoms with Crippen LogP contribution < -0.4 is 11.3 Å². The third kappa shape index (κ3) is 3.64. The van der Waals surface area contributed by atoms with E-state index in [0.717, 1.165) is 0 Å². The van der Waals surface area contributed by atoms with Crippen molar-refractivity contribution in [2.45, 2.75) is 12.3 Å². The first-order valence-electron chi connectivity index (χ1n) is 6.99. The molecule has 0 radical (unpaired) electrons. The predicted octanol–water partition coefficient (Wildman–Crippen LogP) is -1.36. The number of hydrogen-bond acceptors (Lipinski definition) is 8. The Morgan fingerprint density at radius 3 is 3.00 bits per heavy atom. The van der Waals surface area contributed by atoms with Crippen LogP contribution in [0.1, 0.15) is 6.23 Å². The van der Waals surface area contributed by atoms with E-state index in [0.29, 0.717) is 13.1 Å². The van der Waals surface area contributed by atoms with Crippen LogP contribution in [0.2, 0.25) is 0 Å². The second-order valence-electron chi connectivity index (χ2n) is 5.50. The Morgan fingerprint density at radius 2 is 2.29 bits per heavy atom. The highest BCUT2D eigenvalue weighted by Crippen LogP contribution is 2.36. The smallest absolute Gasteiger partial charge is 0.369 e. The van der Waals surface area contributed by atoms with Crippen LogP contribution in [0.5, 0.6) is 0 Å². The zero-order valence-electron chi connectivity index (χ0n) is 12.7. The maximum atomic E-state index is 11.8. The van der Waals surface area contributed by atoms with E-state index in [1.165, 1.54) is 6.33 Å². The summed E-state index contributed by atoms with van der Waals surface area (Å²) in [6, 6.07) is 0. The monoisotopic (exact) mass is 360 g/mol. The summed E-state index contributed by atoms with van der Waals surface area (Å²) in [5, 5.41) is 0. The number of H-pyrrole nitrogens is 1. The summed E-state index contributed by atoms with van der Waals surface area (Å²) in [5.41, 5.74) is 5.51. The number of aromatic nitrogens is 4. The van der Waals surface area contributed by atoms with Gasteiger partial charge >= 0.3 is 7.82 Å². The normalized spacial score (nSPS) is 23.0. The number of likely N-dealkylation sites (N-methyl/N-ethyl adjacent to an activating group) is 1. The third-order valence-electron chi connectivity index (χ3n) is 3.52. The molecule has 2 aromatic heterocycles. The van der Waals surface area contributed by atoms with Gasteiger partial charge in [-0.15, -0.1) is 0 Å². The van der Waals surface area contributed by atoms with E-state index in [4.69, 9.17) is 20.3 Å². The lowest BCUT2D eigenvalue weighted by Gasteiger charge is -2.36. The summed E-state index contributed by atoms with van der Waals surface area (Å²) in [6.07, 6.45) is 0.280. The molecule has 13 heteroatoms. The van der Waals surface area contributed by atoms with Gasteiger partial charge in [0.2, 0.25) is 5.95 Å². The summed E-state index contributed by atoms with van der Waals surface area (Å²) in [4.78, 5) is 41.8. The summed E-state index contributed by atoms with van der Waals surface area (Å²) in [6.45, 7) is 0.624. The predicted molar refractivity (Wildman–Crippen MR) is 82.0 cm³/mol. The van der Waals surface area contributed by atoms with E-state index in [9.17, 15) is 9.36 Å². The quantitative estimate of drug-likeness (QED) is 0.478. The molecule has 2 aromatic rings. The number of aromatic amines is 1. The van der Waals surface area contributed by atoms with Gasteiger partial charge in [-0.25, -0.2) is 9.55 Å². The van der Waals surface area contributed by atoms with Gasteiger partial charge in [0.25, 0.3) is 5.56 Å². The van der Waals surface area contributed by atoms with Gasteiger partial charge in [0, 0.05) is 13.1 Å². The first-order chi connectivity index (χ1) is 11.2. The molecule has 0 aliphatic carbocycles. The molecule has 5 N–H and O–H groups in total. The van der Waals surface area contributed by atoms with Crippen molar-refractivity contribution in [3.63, 3.8) is 0 Å². The molecule has 1 aliphatic heterocycles. The topological polar surface area (TPSA) is 169 Å². The Balaban J connectivity index is 1.86. The van der Waals surface area contributed by atoms with Crippen molar-refractivity contribution in [1.29, 1.82) is 0 Å². The molecule has 1 aliphatic rings. The number of nitrogen functional groups attached to an aromatic ring is 1. The molecular formula is C11H17N6O6P. The number of morpholine rings is 1. The van der Waals surface area contributed by atoms with Gasteiger partial charge in [-0.1, -0.05) is 0 Å². The maximum absolute atomic E-state index is 11.8. The zero-order valence-corrected chi connectivity index (χ0v) is 13.6. The molecule has 1 fully saturated rings. The Bertz CT molecular complexity index is 845. The minimum Gasteiger partial charge on any atom is -0.369 e. The second kappa shape index (κ2) is 6.24. The van der Waals surface area contributed by atoms with Crippen LogP contribution in [0.4, 0.5) is 5.95 Å². The van der Waals surface area contributed by atoms with Gasteiger partial charge in [0.1, 0.15) is 6.23 Å². The van der Waals surface area contributed by atoms with Crippen LogP contribution >= 0.6 is 7.82 Å². The number of ether oxygens (including phenoxy) is 1. The number of phosphoric acid groups is 1. The minimum atomic E-state index is -4.58. The average Bonchev–Trinajstić information content (AvgIpc) is 2.88. The number of nitrogens with two attached hydrogens (primary N) is 1. The summed E-state index contributed by atoms with van der Waals surface area (Å²) in [5.74, 6) is -0.0419. The molecule has 0 bridgehead atoms. The van der Waals surface area contributed by atoms with Crippen LogP contribution in [0, 0.1) is 0 Å². The molecule has 0 saturated carbocycles. The number of nitrogens with zero attached hydrogens (tertiary/aromatic N) is 4. The number of fused-ring (bicyclic) bond motifs is 1. The van der Waals surface area contributed by atoms with Gasteiger partial charge in [-0.3, -0.25) is 23.8 Å². The van der Waals surface area contributed by atoms with Crippen molar-refractivity contribution >= 4 is 24.9 Å². The van der Waals surface area contributed by atoms with Crippen molar-refractivity contribution in [2.75, 3.05) is 32.5 Å². The lowest BCUT2D eigenvalue weighted by molar-refractivity contribution is -0.126. The highest BCUT2D eigenvalue weighted by molar-refractivity contribution is 7.46. The number of imidazole rings is 1. The Kier molecular flexibility index (Phi) is 4.42. The van der Waals surface area contributed by atoms with Crippen LogP contribution in [-0.4, -0.2) is 67.1 Å². The number of hydrogen-bond donors (Lipinski definition) is 4. The Hall–Kier alpha value is -1.82. The number of phosphoric ester groups is 1. The van der Waals surface area contributed by atoms with Crippen molar-refractivity contribution in [3.8, 4) is 0 Å². The zero-order chi connectivity index (χ0) is 17.5. The molecule has 0 amide bonds. The van der Waals surface area contributed by atoms with Crippen molar-refractivity contribution in [1.82, 2.24) is 24.4 Å². The molecule has 0 unspecified atom stereocenters. The largest absolute Gasteiger partial charge is 0.469 e. The number of rotatable bonds is 4. The molecule has 0 aromatic carbocycles. The van der Waals surface area contributed by atoms with Crippen LogP contribution in [0.3, 0.4) is 0 Å². The van der Waals surface area contributed by atoms with Crippen molar-refractivity contribution in [3.05, 3.63) is 16.7 Å². The lowest BCUT2D eigenvalue weighted by atomic mass is 10.3. The molecule has 1 saturated heterocycles. The van der Waals surface area contributed by atoms with Crippen LogP contribution in [0.15, 0.2) is 11.1 Å². The summed E-state index contributed by atoms with van der Waals surface area (Å²) in [7, 11) is -2.75. The van der Waals surface area contributed by atoms with E-state index < -0.39 is 25.7 Å². The Labute approximate surface area is 135 Å². The standard InChI is InChI=1S/C11H17N6O6P/c1-16-2-6(4-22-24(19,20)21)23-7(3-16)17-5-13-8-9(17)14-11(12)15-10(8)18/h5-7H,2-4H2,1H3,(H2,19,20,21)(H3,12,14,15,18)/t6-,7+/m0/s1. The van der Waals surface area contributed by atoms with Crippen molar-refractivity contribution in [2.24, 2.45) is 0 Å².